The summed E-state index contributed by atoms with van der Waals surface area (Å²) < 4.78 is 4.64. The van der Waals surface area contributed by atoms with Gasteiger partial charge in [-0.15, -0.1) is 11.6 Å². The summed E-state index contributed by atoms with van der Waals surface area (Å²) in [4.78, 5) is 11.2. The van der Waals surface area contributed by atoms with Gasteiger partial charge in [0.1, 0.15) is 0 Å². The normalized spacial score (nSPS) is 10.1. The average molecular weight is 227 g/mol. The molecule has 0 atom stereocenters. The molecule has 0 amide bonds. The van der Waals surface area contributed by atoms with Crippen molar-refractivity contribution < 1.29 is 9.53 Å². The number of benzene rings is 1. The summed E-state index contributed by atoms with van der Waals surface area (Å²) in [6, 6.07) is 4.03. The summed E-state index contributed by atoms with van der Waals surface area (Å²) in [5.41, 5.74) is 4.33. The standard InChI is InChI=1S/C12H15ClO2/c1-8-5-11(7-13)9(2)4-10(8)6-12(14)15-3/h4-5H,6-7H2,1-3H3. The molecular formula is C12H15ClO2. The molecule has 1 aromatic carbocycles. The predicted molar refractivity (Wildman–Crippen MR) is 61.2 cm³/mol. The second-order valence-electron chi connectivity index (χ2n) is 3.59. The van der Waals surface area contributed by atoms with E-state index in [1.54, 1.807) is 0 Å². The minimum Gasteiger partial charge on any atom is -0.469 e. The lowest BCUT2D eigenvalue weighted by atomic mass is 9.99. The van der Waals surface area contributed by atoms with Crippen LogP contribution >= 0.6 is 11.6 Å². The van der Waals surface area contributed by atoms with E-state index in [-0.39, 0.29) is 5.97 Å². The van der Waals surface area contributed by atoms with Crippen molar-refractivity contribution in [3.63, 3.8) is 0 Å². The van der Waals surface area contributed by atoms with E-state index in [0.717, 1.165) is 22.3 Å². The summed E-state index contributed by atoms with van der Waals surface area (Å²) in [6.07, 6.45) is 0.325. The summed E-state index contributed by atoms with van der Waals surface area (Å²) in [7, 11) is 1.40. The van der Waals surface area contributed by atoms with Crippen molar-refractivity contribution in [2.45, 2.75) is 26.1 Å². The maximum absolute atomic E-state index is 11.2. The highest BCUT2D eigenvalue weighted by Gasteiger charge is 2.08. The molecule has 1 aromatic rings. The topological polar surface area (TPSA) is 26.3 Å². The van der Waals surface area contributed by atoms with E-state index in [9.17, 15) is 4.79 Å². The van der Waals surface area contributed by atoms with Gasteiger partial charge in [-0.05, 0) is 36.1 Å². The van der Waals surface area contributed by atoms with Crippen molar-refractivity contribution in [3.8, 4) is 0 Å². The van der Waals surface area contributed by atoms with Crippen LogP contribution < -0.4 is 0 Å². The first-order valence-corrected chi connectivity index (χ1v) is 5.33. The molecular weight excluding hydrogens is 212 g/mol. The van der Waals surface area contributed by atoms with Gasteiger partial charge in [-0.2, -0.15) is 0 Å². The molecule has 1 rings (SSSR count). The third-order valence-corrected chi connectivity index (χ3v) is 2.79. The van der Waals surface area contributed by atoms with E-state index in [1.165, 1.54) is 7.11 Å². The zero-order valence-corrected chi connectivity index (χ0v) is 10.0. The number of esters is 1. The molecule has 0 bridgehead atoms. The Morgan fingerprint density at radius 3 is 2.33 bits per heavy atom. The zero-order valence-electron chi connectivity index (χ0n) is 9.26. The van der Waals surface area contributed by atoms with Crippen molar-refractivity contribution in [1.82, 2.24) is 0 Å². The van der Waals surface area contributed by atoms with Gasteiger partial charge in [0.25, 0.3) is 0 Å². The van der Waals surface area contributed by atoms with Crippen LogP contribution in [0.25, 0.3) is 0 Å². The quantitative estimate of drug-likeness (QED) is 0.585. The number of aryl methyl sites for hydroxylation is 2. The number of hydrogen-bond donors (Lipinski definition) is 0. The van der Waals surface area contributed by atoms with Crippen LogP contribution in [0.2, 0.25) is 0 Å². The second kappa shape index (κ2) is 5.17. The first-order chi connectivity index (χ1) is 7.08. The molecule has 0 aliphatic carbocycles. The number of rotatable bonds is 3. The largest absolute Gasteiger partial charge is 0.469 e. The van der Waals surface area contributed by atoms with Crippen LogP contribution in [0.3, 0.4) is 0 Å². The molecule has 0 fully saturated rings. The van der Waals surface area contributed by atoms with Crippen molar-refractivity contribution >= 4 is 17.6 Å². The van der Waals surface area contributed by atoms with Crippen LogP contribution in [0.1, 0.15) is 22.3 Å². The highest BCUT2D eigenvalue weighted by molar-refractivity contribution is 6.17. The fourth-order valence-electron chi connectivity index (χ4n) is 1.50. The van der Waals surface area contributed by atoms with E-state index in [0.29, 0.717) is 12.3 Å². The van der Waals surface area contributed by atoms with Crippen LogP contribution in [0.4, 0.5) is 0 Å². The number of ether oxygens (including phenoxy) is 1. The maximum Gasteiger partial charge on any atom is 0.309 e. The van der Waals surface area contributed by atoms with Crippen molar-refractivity contribution in [1.29, 1.82) is 0 Å². The van der Waals surface area contributed by atoms with Crippen LogP contribution in [0.15, 0.2) is 12.1 Å². The fraction of sp³-hybridized carbons (Fsp3) is 0.417. The SMILES string of the molecule is COC(=O)Cc1cc(C)c(CCl)cc1C. The lowest BCUT2D eigenvalue weighted by Crippen LogP contribution is -2.06. The number of methoxy groups -OCH3 is 1. The molecule has 3 heteroatoms. The van der Waals surface area contributed by atoms with Gasteiger partial charge in [0.15, 0.2) is 0 Å². The highest BCUT2D eigenvalue weighted by Crippen LogP contribution is 2.18. The zero-order chi connectivity index (χ0) is 11.4. The van der Waals surface area contributed by atoms with E-state index < -0.39 is 0 Å². The summed E-state index contributed by atoms with van der Waals surface area (Å²) >= 11 is 5.80. The molecule has 0 saturated heterocycles. The molecule has 0 saturated carbocycles. The average Bonchev–Trinajstić information content (AvgIpc) is 2.22. The molecule has 0 unspecified atom stereocenters. The van der Waals surface area contributed by atoms with Crippen molar-refractivity contribution in [2.75, 3.05) is 7.11 Å². The Morgan fingerprint density at radius 2 is 1.80 bits per heavy atom. The van der Waals surface area contributed by atoms with Gasteiger partial charge in [0, 0.05) is 5.88 Å². The minimum absolute atomic E-state index is 0.212. The summed E-state index contributed by atoms with van der Waals surface area (Å²) in [5.74, 6) is 0.293. The first-order valence-electron chi connectivity index (χ1n) is 4.80. The maximum atomic E-state index is 11.2. The molecule has 0 spiro atoms. The monoisotopic (exact) mass is 226 g/mol. The van der Waals surface area contributed by atoms with Gasteiger partial charge < -0.3 is 4.74 Å². The molecule has 0 aliphatic rings. The second-order valence-corrected chi connectivity index (χ2v) is 3.86. The molecule has 15 heavy (non-hydrogen) atoms. The first kappa shape index (κ1) is 12.1. The molecule has 0 heterocycles. The van der Waals surface area contributed by atoms with Crippen molar-refractivity contribution in [3.05, 3.63) is 34.4 Å². The number of carbonyl (C=O) groups excluding carboxylic acids is 1. The lowest BCUT2D eigenvalue weighted by molar-refractivity contribution is -0.139. The summed E-state index contributed by atoms with van der Waals surface area (Å²) in [6.45, 7) is 3.98. The Kier molecular flexibility index (Phi) is 4.15. The Balaban J connectivity index is 3.00. The van der Waals surface area contributed by atoms with Crippen LogP contribution in [0.5, 0.6) is 0 Å². The number of alkyl halides is 1. The van der Waals surface area contributed by atoms with E-state index >= 15 is 0 Å². The van der Waals surface area contributed by atoms with Crippen LogP contribution in [-0.4, -0.2) is 13.1 Å². The van der Waals surface area contributed by atoms with Gasteiger partial charge in [0.05, 0.1) is 13.5 Å². The molecule has 2 nitrogen and oxygen atoms in total. The molecule has 0 N–H and O–H groups in total. The third-order valence-electron chi connectivity index (χ3n) is 2.50. The molecule has 0 radical (unpaired) electrons. The van der Waals surface area contributed by atoms with Gasteiger partial charge in [-0.25, -0.2) is 0 Å². The summed E-state index contributed by atoms with van der Waals surface area (Å²) in [5, 5.41) is 0. The molecule has 0 aromatic heterocycles. The van der Waals surface area contributed by atoms with Crippen LogP contribution in [-0.2, 0) is 21.8 Å². The van der Waals surface area contributed by atoms with Gasteiger partial charge in [-0.3, -0.25) is 4.79 Å². The molecule has 82 valence electrons. The number of hydrogen-bond acceptors (Lipinski definition) is 2. The van der Waals surface area contributed by atoms with E-state index in [2.05, 4.69) is 4.74 Å². The van der Waals surface area contributed by atoms with Gasteiger partial charge in [0.2, 0.25) is 0 Å². The predicted octanol–water partition coefficient (Wildman–Crippen LogP) is 2.76. The Bertz CT molecular complexity index is 372. The van der Waals surface area contributed by atoms with Crippen LogP contribution in [0, 0.1) is 13.8 Å². The fourth-order valence-corrected chi connectivity index (χ4v) is 1.79. The minimum atomic E-state index is -0.212. The van der Waals surface area contributed by atoms with E-state index in [4.69, 9.17) is 11.6 Å². The van der Waals surface area contributed by atoms with Gasteiger partial charge in [-0.1, -0.05) is 12.1 Å². The molecule has 0 aliphatic heterocycles. The van der Waals surface area contributed by atoms with Crippen molar-refractivity contribution in [2.24, 2.45) is 0 Å². The Hall–Kier alpha value is -1.02. The smallest absolute Gasteiger partial charge is 0.309 e. The highest BCUT2D eigenvalue weighted by atomic mass is 35.5. The van der Waals surface area contributed by atoms with E-state index in [1.807, 2.05) is 26.0 Å². The number of halogens is 1. The number of carbonyl (C=O) groups is 1. The Morgan fingerprint density at radius 1 is 1.27 bits per heavy atom. The van der Waals surface area contributed by atoms with Gasteiger partial charge >= 0.3 is 5.97 Å². The Labute approximate surface area is 95.2 Å². The lowest BCUT2D eigenvalue weighted by Gasteiger charge is -2.09. The third kappa shape index (κ3) is 2.96.